The molecule has 2 amide bonds. The lowest BCUT2D eigenvalue weighted by Gasteiger charge is -2.17. The number of hydrogen-bond acceptors (Lipinski definition) is 3. The van der Waals surface area contributed by atoms with Crippen LogP contribution in [0.4, 0.5) is 11.4 Å². The van der Waals surface area contributed by atoms with Crippen LogP contribution in [0.5, 0.6) is 0 Å². The molecule has 2 aromatic rings. The van der Waals surface area contributed by atoms with Crippen LogP contribution in [0.25, 0.3) is 0 Å². The lowest BCUT2D eigenvalue weighted by atomic mass is 10.1. The predicted molar refractivity (Wildman–Crippen MR) is 105 cm³/mol. The second kappa shape index (κ2) is 7.09. The monoisotopic (exact) mass is 371 g/mol. The van der Waals surface area contributed by atoms with E-state index in [0.717, 1.165) is 37.1 Å². The Hall–Kier alpha value is -2.37. The number of para-hydroxylation sites is 1. The molecule has 26 heavy (non-hydrogen) atoms. The molecule has 0 spiro atoms. The quantitative estimate of drug-likeness (QED) is 0.867. The average Bonchev–Trinajstić information content (AvgIpc) is 3.22. The molecule has 1 saturated carbocycles. The van der Waals surface area contributed by atoms with Crippen molar-refractivity contribution in [3.8, 4) is 0 Å². The maximum Gasteiger partial charge on any atom is 0.244 e. The Balaban J connectivity index is 0.00000196. The highest BCUT2D eigenvalue weighted by Gasteiger charge is 2.45. The molecule has 4 rings (SSSR count). The molecule has 2 aliphatic rings. The van der Waals surface area contributed by atoms with Crippen LogP contribution in [0.2, 0.25) is 0 Å². The van der Waals surface area contributed by atoms with E-state index in [1.807, 2.05) is 47.4 Å². The number of anilines is 2. The standard InChI is InChI=1S/C20H21N3O2.ClH/c21-20(10-11-20)19(25)22-16-7-5-14(6-8-16)13-18(24)23-12-9-15-3-1-2-4-17(15)23;/h1-8H,9-13,21H2,(H,22,25);1H. The lowest BCUT2D eigenvalue weighted by Crippen LogP contribution is -2.37. The number of carbonyl (C=O) groups excluding carboxylic acids is 2. The van der Waals surface area contributed by atoms with Gasteiger partial charge in [-0.25, -0.2) is 0 Å². The van der Waals surface area contributed by atoms with Crippen molar-refractivity contribution < 1.29 is 9.59 Å². The number of fused-ring (bicyclic) bond motifs is 1. The van der Waals surface area contributed by atoms with Gasteiger partial charge in [0.05, 0.1) is 12.0 Å². The molecule has 5 nitrogen and oxygen atoms in total. The molecule has 1 aliphatic heterocycles. The summed E-state index contributed by atoms with van der Waals surface area (Å²) in [6, 6.07) is 15.5. The minimum Gasteiger partial charge on any atom is -0.324 e. The molecule has 0 unspecified atom stereocenters. The van der Waals surface area contributed by atoms with Crippen LogP contribution < -0.4 is 16.0 Å². The third-order valence-corrected chi connectivity index (χ3v) is 5.00. The summed E-state index contributed by atoms with van der Waals surface area (Å²) in [5.74, 6) is -0.0365. The van der Waals surface area contributed by atoms with Gasteiger partial charge in [-0.1, -0.05) is 30.3 Å². The van der Waals surface area contributed by atoms with Crippen molar-refractivity contribution in [2.75, 3.05) is 16.8 Å². The molecule has 0 atom stereocenters. The van der Waals surface area contributed by atoms with E-state index in [2.05, 4.69) is 11.4 Å². The first-order valence-electron chi connectivity index (χ1n) is 8.63. The van der Waals surface area contributed by atoms with Crippen molar-refractivity contribution in [2.24, 2.45) is 5.73 Å². The molecule has 6 heteroatoms. The van der Waals surface area contributed by atoms with E-state index in [4.69, 9.17) is 5.73 Å². The lowest BCUT2D eigenvalue weighted by molar-refractivity contribution is -0.118. The molecular formula is C20H22ClN3O2. The highest BCUT2D eigenvalue weighted by molar-refractivity contribution is 6.00. The van der Waals surface area contributed by atoms with Crippen LogP contribution in [-0.2, 0) is 22.4 Å². The molecule has 136 valence electrons. The van der Waals surface area contributed by atoms with Gasteiger partial charge in [-0.2, -0.15) is 0 Å². The van der Waals surface area contributed by atoms with Gasteiger partial charge >= 0.3 is 0 Å². The van der Waals surface area contributed by atoms with Crippen LogP contribution >= 0.6 is 12.4 Å². The van der Waals surface area contributed by atoms with Crippen LogP contribution in [0, 0.1) is 0 Å². The van der Waals surface area contributed by atoms with E-state index in [-0.39, 0.29) is 24.2 Å². The van der Waals surface area contributed by atoms with E-state index < -0.39 is 5.54 Å². The Morgan fingerprint density at radius 3 is 2.46 bits per heavy atom. The third-order valence-electron chi connectivity index (χ3n) is 5.00. The molecule has 0 aromatic heterocycles. The normalized spacial score (nSPS) is 16.4. The Morgan fingerprint density at radius 1 is 1.08 bits per heavy atom. The third kappa shape index (κ3) is 3.59. The summed E-state index contributed by atoms with van der Waals surface area (Å²) in [6.07, 6.45) is 2.74. The van der Waals surface area contributed by atoms with Gasteiger partial charge < -0.3 is 16.0 Å². The fourth-order valence-electron chi connectivity index (χ4n) is 3.19. The maximum atomic E-state index is 12.6. The predicted octanol–water partition coefficient (Wildman–Crippen LogP) is 2.67. The van der Waals surface area contributed by atoms with E-state index in [1.165, 1.54) is 5.56 Å². The van der Waals surface area contributed by atoms with E-state index in [1.54, 1.807) is 0 Å². The van der Waals surface area contributed by atoms with Crippen molar-refractivity contribution >= 4 is 35.6 Å². The van der Waals surface area contributed by atoms with Crippen molar-refractivity contribution in [2.45, 2.75) is 31.2 Å². The Morgan fingerprint density at radius 2 is 1.77 bits per heavy atom. The number of nitrogens with zero attached hydrogens (tertiary/aromatic N) is 1. The van der Waals surface area contributed by atoms with Gasteiger partial charge in [0.1, 0.15) is 0 Å². The van der Waals surface area contributed by atoms with Crippen molar-refractivity contribution in [1.29, 1.82) is 0 Å². The zero-order valence-corrected chi connectivity index (χ0v) is 15.2. The second-order valence-corrected chi connectivity index (χ2v) is 6.91. The summed E-state index contributed by atoms with van der Waals surface area (Å²) in [5.41, 5.74) is 9.09. The van der Waals surface area contributed by atoms with Crippen molar-refractivity contribution in [1.82, 2.24) is 0 Å². The number of amides is 2. The number of rotatable bonds is 4. The van der Waals surface area contributed by atoms with Gasteiger partial charge in [0.15, 0.2) is 0 Å². The molecular weight excluding hydrogens is 350 g/mol. The molecule has 2 aromatic carbocycles. The van der Waals surface area contributed by atoms with Gasteiger partial charge in [-0.3, -0.25) is 9.59 Å². The minimum absolute atomic E-state index is 0. The van der Waals surface area contributed by atoms with Crippen molar-refractivity contribution in [3.63, 3.8) is 0 Å². The maximum absolute atomic E-state index is 12.6. The Kier molecular flexibility index (Phi) is 5.03. The van der Waals surface area contributed by atoms with Crippen LogP contribution in [0.1, 0.15) is 24.0 Å². The second-order valence-electron chi connectivity index (χ2n) is 6.91. The van der Waals surface area contributed by atoms with Gasteiger partial charge in [0.25, 0.3) is 0 Å². The van der Waals surface area contributed by atoms with Gasteiger partial charge in [0.2, 0.25) is 11.8 Å². The van der Waals surface area contributed by atoms with Crippen LogP contribution in [0.15, 0.2) is 48.5 Å². The Bertz CT molecular complexity index is 831. The van der Waals surface area contributed by atoms with E-state index in [9.17, 15) is 9.59 Å². The zero-order chi connectivity index (χ0) is 17.4. The van der Waals surface area contributed by atoms with Crippen molar-refractivity contribution in [3.05, 3.63) is 59.7 Å². The molecule has 0 bridgehead atoms. The molecule has 0 radical (unpaired) electrons. The summed E-state index contributed by atoms with van der Waals surface area (Å²) in [4.78, 5) is 26.4. The SMILES string of the molecule is Cl.NC1(C(=O)Nc2ccc(CC(=O)N3CCc4ccccc43)cc2)CC1. The number of nitrogens with one attached hydrogen (secondary N) is 1. The van der Waals surface area contributed by atoms with Crippen LogP contribution in [0.3, 0.4) is 0 Å². The molecule has 3 N–H and O–H groups in total. The van der Waals surface area contributed by atoms with Gasteiger partial charge in [-0.05, 0) is 48.6 Å². The first-order valence-corrected chi connectivity index (χ1v) is 8.63. The fourth-order valence-corrected chi connectivity index (χ4v) is 3.19. The largest absolute Gasteiger partial charge is 0.324 e. The highest BCUT2D eigenvalue weighted by Crippen LogP contribution is 2.33. The fraction of sp³-hybridized carbons (Fsp3) is 0.300. The first-order chi connectivity index (χ1) is 12.0. The Labute approximate surface area is 159 Å². The number of halogens is 1. The molecule has 1 aliphatic carbocycles. The summed E-state index contributed by atoms with van der Waals surface area (Å²) in [6.45, 7) is 0.741. The molecule has 0 saturated heterocycles. The van der Waals surface area contributed by atoms with E-state index >= 15 is 0 Å². The minimum atomic E-state index is -0.683. The summed E-state index contributed by atoms with van der Waals surface area (Å²) < 4.78 is 0. The number of nitrogens with two attached hydrogens (primary N) is 1. The highest BCUT2D eigenvalue weighted by atomic mass is 35.5. The first kappa shape index (κ1) is 18.4. The molecule has 1 fully saturated rings. The topological polar surface area (TPSA) is 75.4 Å². The number of hydrogen-bond donors (Lipinski definition) is 2. The van der Waals surface area contributed by atoms with Crippen LogP contribution in [-0.4, -0.2) is 23.9 Å². The summed E-state index contributed by atoms with van der Waals surface area (Å²) in [7, 11) is 0. The smallest absolute Gasteiger partial charge is 0.244 e. The molecule has 1 heterocycles. The average molecular weight is 372 g/mol. The van der Waals surface area contributed by atoms with E-state index in [0.29, 0.717) is 12.1 Å². The zero-order valence-electron chi connectivity index (χ0n) is 14.4. The van der Waals surface area contributed by atoms with Gasteiger partial charge in [-0.15, -0.1) is 12.4 Å². The number of carbonyl (C=O) groups is 2. The summed E-state index contributed by atoms with van der Waals surface area (Å²) in [5, 5.41) is 2.83. The summed E-state index contributed by atoms with van der Waals surface area (Å²) >= 11 is 0. The van der Waals surface area contributed by atoms with Gasteiger partial charge in [0, 0.05) is 17.9 Å². The number of benzene rings is 2.